The molecule has 2 bridgehead atoms. The monoisotopic (exact) mass is 447 g/mol. The van der Waals surface area contributed by atoms with E-state index in [9.17, 15) is 9.18 Å². The van der Waals surface area contributed by atoms with Crippen LogP contribution in [0.2, 0.25) is 0 Å². The molecular weight excluding hydrogens is 417 g/mol. The lowest BCUT2D eigenvalue weighted by molar-refractivity contribution is 0.0704. The molecule has 172 valence electrons. The second-order valence-electron chi connectivity index (χ2n) is 10.1. The zero-order valence-electron chi connectivity index (χ0n) is 19.3. The van der Waals surface area contributed by atoms with Gasteiger partial charge in [0.05, 0.1) is 11.2 Å². The lowest BCUT2D eigenvalue weighted by Gasteiger charge is -2.47. The Morgan fingerprint density at radius 2 is 1.85 bits per heavy atom. The van der Waals surface area contributed by atoms with Gasteiger partial charge in [-0.3, -0.25) is 9.69 Å². The summed E-state index contributed by atoms with van der Waals surface area (Å²) in [6.45, 7) is 8.53. The number of piperidine rings is 2. The van der Waals surface area contributed by atoms with Gasteiger partial charge in [0, 0.05) is 67.9 Å². The molecule has 3 aliphatic rings. The molecule has 2 aromatic heterocycles. The zero-order valence-corrected chi connectivity index (χ0v) is 19.3. The highest BCUT2D eigenvalue weighted by molar-refractivity contribution is 5.82. The molecule has 0 aliphatic carbocycles. The number of rotatable bonds is 2. The number of halogens is 1. The highest BCUT2D eigenvalue weighted by atomic mass is 19.1. The van der Waals surface area contributed by atoms with Crippen LogP contribution in [0, 0.1) is 25.6 Å². The van der Waals surface area contributed by atoms with Crippen LogP contribution in [0.25, 0.3) is 10.9 Å². The van der Waals surface area contributed by atoms with Crippen LogP contribution in [0.15, 0.2) is 35.1 Å². The predicted octanol–water partition coefficient (Wildman–Crippen LogP) is 3.64. The van der Waals surface area contributed by atoms with Gasteiger partial charge in [-0.05, 0) is 56.7 Å². The molecule has 3 aliphatic heterocycles. The number of nitrogens with zero attached hydrogens (tertiary/aromatic N) is 5. The molecule has 0 amide bonds. The molecule has 6 nitrogen and oxygen atoms in total. The third-order valence-electron chi connectivity index (χ3n) is 7.93. The van der Waals surface area contributed by atoms with E-state index in [0.29, 0.717) is 34.9 Å². The van der Waals surface area contributed by atoms with Gasteiger partial charge in [0.25, 0.3) is 5.56 Å². The molecule has 2 atom stereocenters. The largest absolute Gasteiger partial charge is 0.341 e. The Bertz CT molecular complexity index is 1280. The summed E-state index contributed by atoms with van der Waals surface area (Å²) in [6, 6.07) is 9.66. The number of benzene rings is 1. The molecule has 3 aromatic rings. The van der Waals surface area contributed by atoms with Crippen molar-refractivity contribution in [2.24, 2.45) is 5.92 Å². The van der Waals surface area contributed by atoms with Gasteiger partial charge in [-0.25, -0.2) is 14.4 Å². The molecule has 2 fully saturated rings. The van der Waals surface area contributed by atoms with E-state index in [1.807, 2.05) is 23.6 Å². The minimum atomic E-state index is -0.218. The quantitative estimate of drug-likeness (QED) is 0.601. The van der Waals surface area contributed by atoms with Crippen molar-refractivity contribution in [2.45, 2.75) is 51.6 Å². The molecule has 5 heterocycles. The van der Waals surface area contributed by atoms with Crippen LogP contribution in [0.5, 0.6) is 0 Å². The van der Waals surface area contributed by atoms with Crippen LogP contribution in [0.3, 0.4) is 0 Å². The first kappa shape index (κ1) is 20.8. The second kappa shape index (κ2) is 7.90. The summed E-state index contributed by atoms with van der Waals surface area (Å²) in [6.07, 6.45) is 3.34. The number of anilines is 1. The maximum atomic E-state index is 14.1. The Labute approximate surface area is 193 Å². The first-order valence-electron chi connectivity index (χ1n) is 12.1. The van der Waals surface area contributed by atoms with Gasteiger partial charge in [0.1, 0.15) is 5.82 Å². The normalized spacial score (nSPS) is 23.7. The van der Waals surface area contributed by atoms with Gasteiger partial charge in [0.2, 0.25) is 5.95 Å². The van der Waals surface area contributed by atoms with E-state index in [-0.39, 0.29) is 11.4 Å². The summed E-state index contributed by atoms with van der Waals surface area (Å²) in [7, 11) is 0. The van der Waals surface area contributed by atoms with E-state index in [4.69, 9.17) is 9.97 Å². The summed E-state index contributed by atoms with van der Waals surface area (Å²) in [4.78, 5) is 26.7. The molecule has 2 saturated heterocycles. The van der Waals surface area contributed by atoms with Crippen LogP contribution in [0.1, 0.15) is 42.1 Å². The maximum absolute atomic E-state index is 14.1. The van der Waals surface area contributed by atoms with E-state index in [0.717, 1.165) is 56.6 Å². The van der Waals surface area contributed by atoms with E-state index in [1.54, 1.807) is 13.0 Å². The Balaban J connectivity index is 1.17. The summed E-state index contributed by atoms with van der Waals surface area (Å²) in [5.74, 6) is 1.50. The van der Waals surface area contributed by atoms with Crippen molar-refractivity contribution in [2.75, 3.05) is 31.1 Å². The van der Waals surface area contributed by atoms with Gasteiger partial charge in [-0.15, -0.1) is 0 Å². The van der Waals surface area contributed by atoms with Crippen LogP contribution in [-0.4, -0.2) is 51.7 Å². The van der Waals surface area contributed by atoms with Gasteiger partial charge in [0.15, 0.2) is 0 Å². The molecule has 0 N–H and O–H groups in total. The molecule has 33 heavy (non-hydrogen) atoms. The van der Waals surface area contributed by atoms with Crippen molar-refractivity contribution in [1.29, 1.82) is 0 Å². The first-order chi connectivity index (χ1) is 16.0. The highest BCUT2D eigenvalue weighted by Crippen LogP contribution is 2.37. The number of fused-ring (bicyclic) bond motifs is 5. The average molecular weight is 448 g/mol. The van der Waals surface area contributed by atoms with Crippen LogP contribution in [-0.2, 0) is 6.54 Å². The van der Waals surface area contributed by atoms with Crippen LogP contribution < -0.4 is 10.5 Å². The smallest absolute Gasteiger partial charge is 0.250 e. The summed E-state index contributed by atoms with van der Waals surface area (Å²) in [5.41, 5.74) is 3.56. The van der Waals surface area contributed by atoms with Crippen molar-refractivity contribution in [1.82, 2.24) is 19.4 Å². The van der Waals surface area contributed by atoms with Gasteiger partial charge >= 0.3 is 0 Å². The Morgan fingerprint density at radius 3 is 2.67 bits per heavy atom. The van der Waals surface area contributed by atoms with E-state index in [2.05, 4.69) is 15.9 Å². The lowest BCUT2D eigenvalue weighted by Crippen LogP contribution is -2.53. The van der Waals surface area contributed by atoms with E-state index in [1.165, 1.54) is 18.2 Å². The number of aryl methyl sites for hydroxylation is 2. The summed E-state index contributed by atoms with van der Waals surface area (Å²) in [5, 5.41) is 0.923. The molecule has 0 saturated carbocycles. The second-order valence-corrected chi connectivity index (χ2v) is 10.1. The number of aromatic nitrogens is 3. The van der Waals surface area contributed by atoms with Gasteiger partial charge < -0.3 is 9.47 Å². The highest BCUT2D eigenvalue weighted by Gasteiger charge is 2.37. The SMILES string of the molecule is Cc1cc2c(C)nc(N3CCC(N4CC5CC(C4)c4cccc(=O)n4C5)CC3)nc2cc1F. The molecule has 6 rings (SSSR count). The van der Waals surface area contributed by atoms with Gasteiger partial charge in [-0.2, -0.15) is 0 Å². The molecule has 0 radical (unpaired) electrons. The minimum Gasteiger partial charge on any atom is -0.341 e. The minimum absolute atomic E-state index is 0.143. The predicted molar refractivity (Wildman–Crippen MR) is 127 cm³/mol. The van der Waals surface area contributed by atoms with E-state index >= 15 is 0 Å². The Morgan fingerprint density at radius 1 is 1.03 bits per heavy atom. The number of hydrogen-bond acceptors (Lipinski definition) is 5. The van der Waals surface area contributed by atoms with Crippen molar-refractivity contribution < 1.29 is 4.39 Å². The third-order valence-corrected chi connectivity index (χ3v) is 7.93. The lowest BCUT2D eigenvalue weighted by atomic mass is 9.82. The summed E-state index contributed by atoms with van der Waals surface area (Å²) >= 11 is 0. The van der Waals surface area contributed by atoms with Crippen molar-refractivity contribution in [3.8, 4) is 0 Å². The fourth-order valence-corrected chi connectivity index (χ4v) is 6.20. The van der Waals surface area contributed by atoms with E-state index < -0.39 is 0 Å². The van der Waals surface area contributed by atoms with Gasteiger partial charge in [-0.1, -0.05) is 6.07 Å². The van der Waals surface area contributed by atoms with Crippen LogP contribution >= 0.6 is 0 Å². The topological polar surface area (TPSA) is 54.3 Å². The van der Waals surface area contributed by atoms with Crippen LogP contribution in [0.4, 0.5) is 10.3 Å². The number of pyridine rings is 1. The third kappa shape index (κ3) is 3.62. The molecule has 0 spiro atoms. The van der Waals surface area contributed by atoms with Crippen molar-refractivity contribution >= 4 is 16.9 Å². The van der Waals surface area contributed by atoms with Crippen molar-refractivity contribution in [3.63, 3.8) is 0 Å². The first-order valence-corrected chi connectivity index (χ1v) is 12.1. The fraction of sp³-hybridized carbons (Fsp3) is 0.500. The molecule has 7 heteroatoms. The number of hydrogen-bond donors (Lipinski definition) is 0. The number of likely N-dealkylation sites (tertiary alicyclic amines) is 1. The standard InChI is InChI=1S/C26H30FN5O/c1-16-10-21-17(2)28-26(29-23(21)12-22(16)27)30-8-6-20(7-9-30)31-13-18-11-19(15-31)24-4-3-5-25(33)32(24)14-18/h3-5,10,12,18-20H,6-9,11,13-15H2,1-2H3. The fourth-order valence-electron chi connectivity index (χ4n) is 6.20. The zero-order chi connectivity index (χ0) is 22.7. The Hall–Kier alpha value is -2.80. The maximum Gasteiger partial charge on any atom is 0.250 e. The molecular formula is C26H30FN5O. The Kier molecular flexibility index (Phi) is 4.98. The summed E-state index contributed by atoms with van der Waals surface area (Å²) < 4.78 is 16.1. The average Bonchev–Trinajstić information content (AvgIpc) is 2.81. The molecule has 1 aromatic carbocycles. The molecule has 2 unspecified atom stereocenters. The van der Waals surface area contributed by atoms with Crippen molar-refractivity contribution in [3.05, 3.63) is 63.5 Å².